The molecule has 0 fully saturated rings. The number of halogens is 1. The summed E-state index contributed by atoms with van der Waals surface area (Å²) in [4.78, 5) is 18.9. The van der Waals surface area contributed by atoms with Crippen molar-refractivity contribution < 1.29 is 9.53 Å². The minimum atomic E-state index is -0.388. The smallest absolute Gasteiger partial charge is 0.308 e. The standard InChI is InChI=1S/C11H11ClN4O2/c1-6-11(18-8(3)17)7(2)16(15-6)10-4-9(12)13-5-14-10/h4-5H,1-3H3. The van der Waals surface area contributed by atoms with E-state index in [1.165, 1.54) is 13.3 Å². The molecule has 0 bridgehead atoms. The molecule has 0 N–H and O–H groups in total. The molecule has 6 nitrogen and oxygen atoms in total. The summed E-state index contributed by atoms with van der Waals surface area (Å²) in [5.74, 6) is 0.577. The fourth-order valence-electron chi connectivity index (χ4n) is 1.58. The van der Waals surface area contributed by atoms with Gasteiger partial charge < -0.3 is 4.74 Å². The van der Waals surface area contributed by atoms with Crippen LogP contribution in [0.1, 0.15) is 18.3 Å². The molecule has 0 saturated heterocycles. The van der Waals surface area contributed by atoms with Gasteiger partial charge in [0.15, 0.2) is 11.6 Å². The quantitative estimate of drug-likeness (QED) is 0.613. The first-order valence-electron chi connectivity index (χ1n) is 5.21. The maximum atomic E-state index is 11.0. The molecular formula is C11H11ClN4O2. The van der Waals surface area contributed by atoms with Crippen LogP contribution in [0.5, 0.6) is 5.75 Å². The molecule has 0 atom stereocenters. The van der Waals surface area contributed by atoms with Gasteiger partial charge in [0.05, 0.1) is 5.69 Å². The molecule has 7 heteroatoms. The van der Waals surface area contributed by atoms with Crippen molar-refractivity contribution in [1.82, 2.24) is 19.7 Å². The highest BCUT2D eigenvalue weighted by molar-refractivity contribution is 6.29. The monoisotopic (exact) mass is 266 g/mol. The molecule has 0 unspecified atom stereocenters. The second kappa shape index (κ2) is 4.73. The minimum absolute atomic E-state index is 0.321. The van der Waals surface area contributed by atoms with Gasteiger partial charge in [-0.15, -0.1) is 0 Å². The van der Waals surface area contributed by atoms with Crippen LogP contribution in [-0.4, -0.2) is 25.7 Å². The number of hydrogen-bond donors (Lipinski definition) is 0. The number of aromatic nitrogens is 4. The molecule has 2 aromatic heterocycles. The topological polar surface area (TPSA) is 69.9 Å². The van der Waals surface area contributed by atoms with Crippen LogP contribution in [0, 0.1) is 13.8 Å². The Morgan fingerprint density at radius 1 is 1.39 bits per heavy atom. The molecule has 0 saturated carbocycles. The largest absolute Gasteiger partial charge is 0.423 e. The molecule has 0 aliphatic heterocycles. The second-order valence-corrected chi connectivity index (χ2v) is 4.09. The fourth-order valence-corrected chi connectivity index (χ4v) is 1.72. The Balaban J connectivity index is 2.50. The van der Waals surface area contributed by atoms with Gasteiger partial charge in [-0.05, 0) is 13.8 Å². The number of rotatable bonds is 2. The number of ether oxygens (including phenoxy) is 1. The first kappa shape index (κ1) is 12.5. The number of carbonyl (C=O) groups is 1. The van der Waals surface area contributed by atoms with Gasteiger partial charge in [-0.25, -0.2) is 14.6 Å². The van der Waals surface area contributed by atoms with E-state index >= 15 is 0 Å². The number of nitrogens with zero attached hydrogens (tertiary/aromatic N) is 4. The van der Waals surface area contributed by atoms with Gasteiger partial charge in [-0.2, -0.15) is 5.10 Å². The zero-order chi connectivity index (χ0) is 13.3. The zero-order valence-electron chi connectivity index (χ0n) is 10.1. The third-order valence-electron chi connectivity index (χ3n) is 2.31. The third kappa shape index (κ3) is 2.33. The predicted octanol–water partition coefficient (Wildman–Crippen LogP) is 1.86. The maximum Gasteiger partial charge on any atom is 0.308 e. The summed E-state index contributed by atoms with van der Waals surface area (Å²) in [5.41, 5.74) is 1.29. The summed E-state index contributed by atoms with van der Waals surface area (Å²) in [6.45, 7) is 4.89. The van der Waals surface area contributed by atoms with Crippen LogP contribution >= 0.6 is 11.6 Å². The Kier molecular flexibility index (Phi) is 3.29. The van der Waals surface area contributed by atoms with Gasteiger partial charge in [0.2, 0.25) is 0 Å². The normalized spacial score (nSPS) is 10.4. The first-order valence-corrected chi connectivity index (χ1v) is 5.59. The molecule has 2 rings (SSSR count). The lowest BCUT2D eigenvalue weighted by molar-refractivity contribution is -0.131. The van der Waals surface area contributed by atoms with Crippen LogP contribution in [0.25, 0.3) is 5.82 Å². The molecule has 0 amide bonds. The van der Waals surface area contributed by atoms with E-state index in [1.54, 1.807) is 24.6 Å². The summed E-state index contributed by atoms with van der Waals surface area (Å²) in [6.07, 6.45) is 1.35. The van der Waals surface area contributed by atoms with Gasteiger partial charge in [-0.3, -0.25) is 4.79 Å². The molecule has 18 heavy (non-hydrogen) atoms. The lowest BCUT2D eigenvalue weighted by Gasteiger charge is -2.03. The van der Waals surface area contributed by atoms with Crippen molar-refractivity contribution in [2.45, 2.75) is 20.8 Å². The molecule has 0 aromatic carbocycles. The van der Waals surface area contributed by atoms with E-state index in [0.29, 0.717) is 28.1 Å². The van der Waals surface area contributed by atoms with E-state index < -0.39 is 0 Å². The van der Waals surface area contributed by atoms with Crippen LogP contribution in [-0.2, 0) is 4.79 Å². The van der Waals surface area contributed by atoms with Gasteiger partial charge in [0, 0.05) is 13.0 Å². The molecule has 94 valence electrons. The lowest BCUT2D eigenvalue weighted by atomic mass is 10.3. The van der Waals surface area contributed by atoms with Crippen LogP contribution in [0.4, 0.5) is 0 Å². The number of aryl methyl sites for hydroxylation is 1. The first-order chi connectivity index (χ1) is 8.49. The van der Waals surface area contributed by atoms with E-state index in [9.17, 15) is 4.79 Å². The van der Waals surface area contributed by atoms with Crippen molar-refractivity contribution in [3.63, 3.8) is 0 Å². The van der Waals surface area contributed by atoms with Gasteiger partial charge in [0.1, 0.15) is 17.2 Å². The maximum absolute atomic E-state index is 11.0. The van der Waals surface area contributed by atoms with Crippen molar-refractivity contribution in [1.29, 1.82) is 0 Å². The van der Waals surface area contributed by atoms with Crippen LogP contribution in [0.2, 0.25) is 5.15 Å². The Bertz CT molecular complexity index is 609. The van der Waals surface area contributed by atoms with Crippen molar-refractivity contribution >= 4 is 17.6 Å². The van der Waals surface area contributed by atoms with E-state index in [0.717, 1.165) is 0 Å². The van der Waals surface area contributed by atoms with Gasteiger partial charge >= 0.3 is 5.97 Å². The highest BCUT2D eigenvalue weighted by atomic mass is 35.5. The van der Waals surface area contributed by atoms with E-state index in [-0.39, 0.29) is 5.97 Å². The summed E-state index contributed by atoms with van der Waals surface area (Å²) < 4.78 is 6.67. The van der Waals surface area contributed by atoms with E-state index in [1.807, 2.05) is 0 Å². The Hall–Kier alpha value is -1.95. The number of carbonyl (C=O) groups excluding carboxylic acids is 1. The lowest BCUT2D eigenvalue weighted by Crippen LogP contribution is -2.05. The number of esters is 1. The predicted molar refractivity (Wildman–Crippen MR) is 64.9 cm³/mol. The summed E-state index contributed by atoms with van der Waals surface area (Å²) in [6, 6.07) is 1.58. The molecule has 2 heterocycles. The van der Waals surface area contributed by atoms with Crippen LogP contribution < -0.4 is 4.74 Å². The molecule has 0 aliphatic rings. The number of hydrogen-bond acceptors (Lipinski definition) is 5. The average Bonchev–Trinajstić information content (AvgIpc) is 2.56. The third-order valence-corrected chi connectivity index (χ3v) is 2.51. The summed E-state index contributed by atoms with van der Waals surface area (Å²) >= 11 is 5.80. The Morgan fingerprint density at radius 3 is 2.72 bits per heavy atom. The highest BCUT2D eigenvalue weighted by Crippen LogP contribution is 2.24. The molecule has 0 spiro atoms. The van der Waals surface area contributed by atoms with E-state index in [4.69, 9.17) is 16.3 Å². The highest BCUT2D eigenvalue weighted by Gasteiger charge is 2.16. The Morgan fingerprint density at radius 2 is 2.11 bits per heavy atom. The van der Waals surface area contributed by atoms with Crippen molar-refractivity contribution in [3.05, 3.63) is 28.9 Å². The van der Waals surface area contributed by atoms with Crippen molar-refractivity contribution in [3.8, 4) is 11.6 Å². The zero-order valence-corrected chi connectivity index (χ0v) is 10.9. The summed E-state index contributed by atoms with van der Waals surface area (Å²) in [7, 11) is 0. The average molecular weight is 267 g/mol. The summed E-state index contributed by atoms with van der Waals surface area (Å²) in [5, 5.41) is 4.59. The van der Waals surface area contributed by atoms with Crippen LogP contribution in [0.3, 0.4) is 0 Å². The molecule has 0 radical (unpaired) electrons. The van der Waals surface area contributed by atoms with Crippen molar-refractivity contribution in [2.24, 2.45) is 0 Å². The molecular weight excluding hydrogens is 256 g/mol. The van der Waals surface area contributed by atoms with Gasteiger partial charge in [0.25, 0.3) is 0 Å². The fraction of sp³-hybridized carbons (Fsp3) is 0.273. The molecule has 0 aliphatic carbocycles. The minimum Gasteiger partial charge on any atom is -0.423 e. The molecule has 2 aromatic rings. The Labute approximate surface area is 109 Å². The van der Waals surface area contributed by atoms with E-state index in [2.05, 4.69) is 15.1 Å². The van der Waals surface area contributed by atoms with Crippen molar-refractivity contribution in [2.75, 3.05) is 0 Å². The second-order valence-electron chi connectivity index (χ2n) is 3.70. The van der Waals surface area contributed by atoms with Crippen LogP contribution in [0.15, 0.2) is 12.4 Å². The SMILES string of the molecule is CC(=O)Oc1c(C)nn(-c2cc(Cl)ncn2)c1C. The van der Waals surface area contributed by atoms with Gasteiger partial charge in [-0.1, -0.05) is 11.6 Å².